The summed E-state index contributed by atoms with van der Waals surface area (Å²) in [7, 11) is 0. The predicted molar refractivity (Wildman–Crippen MR) is 58.8 cm³/mol. The van der Waals surface area contributed by atoms with Gasteiger partial charge in [-0.3, -0.25) is 0 Å². The van der Waals surface area contributed by atoms with Crippen LogP contribution in [0.2, 0.25) is 0 Å². The highest BCUT2D eigenvalue weighted by atomic mass is 16.5. The van der Waals surface area contributed by atoms with E-state index in [4.69, 9.17) is 4.52 Å². The Labute approximate surface area is 88.9 Å². The molecule has 0 aliphatic heterocycles. The fourth-order valence-corrected chi connectivity index (χ4v) is 2.31. The van der Waals surface area contributed by atoms with Crippen molar-refractivity contribution in [2.75, 3.05) is 0 Å². The van der Waals surface area contributed by atoms with Gasteiger partial charge < -0.3 is 4.52 Å². The van der Waals surface area contributed by atoms with Crippen LogP contribution >= 0.6 is 0 Å². The lowest BCUT2D eigenvalue weighted by molar-refractivity contribution is 0.425. The lowest BCUT2D eigenvalue weighted by atomic mass is 9.89. The SMILES string of the molecule is Cc1ccc2c(c1)CCc1c(C)noc1-2. The van der Waals surface area contributed by atoms with E-state index in [2.05, 4.69) is 30.3 Å². The molecule has 0 spiro atoms. The number of aryl methyl sites for hydroxylation is 3. The summed E-state index contributed by atoms with van der Waals surface area (Å²) < 4.78 is 5.40. The molecule has 1 aromatic heterocycles. The van der Waals surface area contributed by atoms with E-state index in [0.717, 1.165) is 24.3 Å². The molecule has 0 bridgehead atoms. The molecule has 3 rings (SSSR count). The van der Waals surface area contributed by atoms with E-state index in [1.165, 1.54) is 22.3 Å². The zero-order valence-corrected chi connectivity index (χ0v) is 9.00. The van der Waals surface area contributed by atoms with Crippen LogP contribution in [0, 0.1) is 13.8 Å². The number of hydrogen-bond donors (Lipinski definition) is 0. The van der Waals surface area contributed by atoms with Crippen molar-refractivity contribution >= 4 is 0 Å². The first-order valence-corrected chi connectivity index (χ1v) is 5.31. The van der Waals surface area contributed by atoms with Crippen LogP contribution in [-0.4, -0.2) is 5.16 Å². The summed E-state index contributed by atoms with van der Waals surface area (Å²) in [4.78, 5) is 0. The number of hydrogen-bond acceptors (Lipinski definition) is 2. The van der Waals surface area contributed by atoms with Crippen LogP contribution in [0.25, 0.3) is 11.3 Å². The molecule has 0 saturated carbocycles. The van der Waals surface area contributed by atoms with Gasteiger partial charge in [0.25, 0.3) is 0 Å². The molecular weight excluding hydrogens is 186 g/mol. The minimum atomic E-state index is 0.980. The maximum absolute atomic E-state index is 5.40. The zero-order chi connectivity index (χ0) is 10.4. The largest absolute Gasteiger partial charge is 0.356 e. The van der Waals surface area contributed by atoms with Crippen molar-refractivity contribution in [1.82, 2.24) is 5.16 Å². The van der Waals surface area contributed by atoms with Crippen LogP contribution in [0.4, 0.5) is 0 Å². The number of aromatic nitrogens is 1. The summed E-state index contributed by atoms with van der Waals surface area (Å²) in [5, 5.41) is 4.04. The van der Waals surface area contributed by atoms with Gasteiger partial charge in [-0.1, -0.05) is 28.9 Å². The minimum Gasteiger partial charge on any atom is -0.356 e. The van der Waals surface area contributed by atoms with Crippen LogP contribution in [0.3, 0.4) is 0 Å². The quantitative estimate of drug-likeness (QED) is 0.651. The van der Waals surface area contributed by atoms with E-state index in [0.29, 0.717) is 0 Å². The summed E-state index contributed by atoms with van der Waals surface area (Å²) in [5.74, 6) is 0.980. The zero-order valence-electron chi connectivity index (χ0n) is 9.00. The molecule has 1 aromatic carbocycles. The van der Waals surface area contributed by atoms with Crippen molar-refractivity contribution in [3.05, 3.63) is 40.6 Å². The lowest BCUT2D eigenvalue weighted by Crippen LogP contribution is -2.02. The van der Waals surface area contributed by atoms with E-state index < -0.39 is 0 Å². The predicted octanol–water partition coefficient (Wildman–Crippen LogP) is 3.06. The molecule has 1 heterocycles. The second kappa shape index (κ2) is 2.96. The maximum Gasteiger partial charge on any atom is 0.170 e. The summed E-state index contributed by atoms with van der Waals surface area (Å²) in [6.45, 7) is 4.14. The fourth-order valence-electron chi connectivity index (χ4n) is 2.31. The van der Waals surface area contributed by atoms with Crippen molar-refractivity contribution in [1.29, 1.82) is 0 Å². The Morgan fingerprint density at radius 1 is 1.20 bits per heavy atom. The molecule has 0 amide bonds. The molecule has 0 atom stereocenters. The summed E-state index contributed by atoms with van der Waals surface area (Å²) in [5.41, 5.74) is 6.25. The number of benzene rings is 1. The molecule has 0 unspecified atom stereocenters. The molecule has 76 valence electrons. The van der Waals surface area contributed by atoms with E-state index in [-0.39, 0.29) is 0 Å². The van der Waals surface area contributed by atoms with E-state index >= 15 is 0 Å². The van der Waals surface area contributed by atoms with Crippen molar-refractivity contribution in [3.8, 4) is 11.3 Å². The van der Waals surface area contributed by atoms with Gasteiger partial charge in [0.15, 0.2) is 5.76 Å². The monoisotopic (exact) mass is 199 g/mol. The van der Waals surface area contributed by atoms with Crippen molar-refractivity contribution < 1.29 is 4.52 Å². The van der Waals surface area contributed by atoms with Gasteiger partial charge in [-0.2, -0.15) is 0 Å². The van der Waals surface area contributed by atoms with Crippen molar-refractivity contribution in [3.63, 3.8) is 0 Å². The van der Waals surface area contributed by atoms with Gasteiger partial charge in [-0.25, -0.2) is 0 Å². The van der Waals surface area contributed by atoms with E-state index in [1.54, 1.807) is 0 Å². The summed E-state index contributed by atoms with van der Waals surface area (Å²) >= 11 is 0. The fraction of sp³-hybridized carbons (Fsp3) is 0.308. The Balaban J connectivity index is 2.26. The molecule has 2 aromatic rings. The topological polar surface area (TPSA) is 26.0 Å². The van der Waals surface area contributed by atoms with Gasteiger partial charge in [0, 0.05) is 11.1 Å². The lowest BCUT2D eigenvalue weighted by Gasteiger charge is -2.14. The molecule has 2 nitrogen and oxygen atoms in total. The maximum atomic E-state index is 5.40. The van der Waals surface area contributed by atoms with Gasteiger partial charge in [0.05, 0.1) is 5.69 Å². The molecule has 1 aliphatic carbocycles. The van der Waals surface area contributed by atoms with Gasteiger partial charge in [0.1, 0.15) is 0 Å². The second-order valence-corrected chi connectivity index (χ2v) is 4.24. The molecule has 0 saturated heterocycles. The first-order chi connectivity index (χ1) is 7.25. The van der Waals surface area contributed by atoms with Gasteiger partial charge in [-0.15, -0.1) is 0 Å². The first-order valence-electron chi connectivity index (χ1n) is 5.31. The third kappa shape index (κ3) is 1.21. The molecule has 0 N–H and O–H groups in total. The van der Waals surface area contributed by atoms with E-state index in [1.807, 2.05) is 6.92 Å². The molecule has 2 heteroatoms. The highest BCUT2D eigenvalue weighted by Gasteiger charge is 2.22. The van der Waals surface area contributed by atoms with Crippen LogP contribution in [0.5, 0.6) is 0 Å². The third-order valence-electron chi connectivity index (χ3n) is 3.13. The Kier molecular flexibility index (Phi) is 1.72. The highest BCUT2D eigenvalue weighted by molar-refractivity contribution is 5.69. The second-order valence-electron chi connectivity index (χ2n) is 4.24. The standard InChI is InChI=1S/C13H13NO/c1-8-3-5-12-10(7-8)4-6-11-9(2)14-15-13(11)12/h3,5,7H,4,6H2,1-2H3. The van der Waals surface area contributed by atoms with Crippen LogP contribution in [0.1, 0.15) is 22.4 Å². The Morgan fingerprint density at radius 2 is 2.07 bits per heavy atom. The van der Waals surface area contributed by atoms with Crippen molar-refractivity contribution in [2.24, 2.45) is 0 Å². The number of fused-ring (bicyclic) bond motifs is 3. The van der Waals surface area contributed by atoms with Crippen molar-refractivity contribution in [2.45, 2.75) is 26.7 Å². The van der Waals surface area contributed by atoms with Crippen LogP contribution < -0.4 is 0 Å². The molecule has 0 radical (unpaired) electrons. The molecular formula is C13H13NO. The first kappa shape index (κ1) is 8.72. The van der Waals surface area contributed by atoms with Crippen LogP contribution in [-0.2, 0) is 12.8 Å². The summed E-state index contributed by atoms with van der Waals surface area (Å²) in [6, 6.07) is 6.52. The minimum absolute atomic E-state index is 0.980. The Morgan fingerprint density at radius 3 is 2.93 bits per heavy atom. The normalized spacial score (nSPS) is 13.5. The molecule has 15 heavy (non-hydrogen) atoms. The average molecular weight is 199 g/mol. The molecule has 0 fully saturated rings. The number of nitrogens with zero attached hydrogens (tertiary/aromatic N) is 1. The Hall–Kier alpha value is -1.57. The van der Waals surface area contributed by atoms with Gasteiger partial charge in [0.2, 0.25) is 0 Å². The molecule has 1 aliphatic rings. The average Bonchev–Trinajstić information content (AvgIpc) is 2.60. The van der Waals surface area contributed by atoms with Gasteiger partial charge in [-0.05, 0) is 32.3 Å². The van der Waals surface area contributed by atoms with Gasteiger partial charge >= 0.3 is 0 Å². The summed E-state index contributed by atoms with van der Waals surface area (Å²) in [6.07, 6.45) is 2.16. The highest BCUT2D eigenvalue weighted by Crippen LogP contribution is 2.35. The number of rotatable bonds is 0. The van der Waals surface area contributed by atoms with Crippen LogP contribution in [0.15, 0.2) is 22.7 Å². The van der Waals surface area contributed by atoms with E-state index in [9.17, 15) is 0 Å². The smallest absolute Gasteiger partial charge is 0.170 e. The third-order valence-corrected chi connectivity index (χ3v) is 3.13. The Bertz CT molecular complexity index is 525.